The molecule has 0 spiro atoms. The van der Waals surface area contributed by atoms with Crippen LogP contribution < -0.4 is 4.90 Å². The second kappa shape index (κ2) is 7.71. The molecule has 0 saturated carbocycles. The number of fused-ring (bicyclic) bond motifs is 1. The summed E-state index contributed by atoms with van der Waals surface area (Å²) in [6, 6.07) is 14.0. The van der Waals surface area contributed by atoms with E-state index in [0.29, 0.717) is 31.0 Å². The number of urea groups is 1. The van der Waals surface area contributed by atoms with Crippen molar-refractivity contribution in [3.8, 4) is 0 Å². The Bertz CT molecular complexity index is 1270. The number of carbonyl (C=O) groups is 2. The van der Waals surface area contributed by atoms with Crippen LogP contribution in [0.3, 0.4) is 0 Å². The van der Waals surface area contributed by atoms with Crippen LogP contribution in [0.5, 0.6) is 0 Å². The molecule has 156 valence electrons. The van der Waals surface area contributed by atoms with E-state index < -0.39 is 0 Å². The first-order valence-corrected chi connectivity index (χ1v) is 10.1. The van der Waals surface area contributed by atoms with Gasteiger partial charge in [0.05, 0.1) is 24.6 Å². The smallest absolute Gasteiger partial charge is 0.331 e. The highest BCUT2D eigenvalue weighted by atomic mass is 16.5. The molecule has 3 heterocycles. The molecule has 1 aliphatic rings. The Morgan fingerprint density at radius 1 is 1.03 bits per heavy atom. The Kier molecular flexibility index (Phi) is 4.74. The summed E-state index contributed by atoms with van der Waals surface area (Å²) in [7, 11) is 0. The fourth-order valence-electron chi connectivity index (χ4n) is 3.94. The second-order valence-electron chi connectivity index (χ2n) is 7.62. The highest BCUT2D eigenvalue weighted by Crippen LogP contribution is 2.23. The van der Waals surface area contributed by atoms with E-state index in [4.69, 9.17) is 4.52 Å². The standard InChI is InChI=1S/C23H21N5O3/c1-16-19(11-25-31-16)13-27-14-20(12-24-27)28-22(29)15-26(23(28)30)10-9-18-7-4-6-17-5-2-3-8-21(17)18/h2-8,11-12,14H,9-10,13,15H2,1H3. The number of hydrogen-bond acceptors (Lipinski definition) is 5. The molecule has 4 aromatic rings. The summed E-state index contributed by atoms with van der Waals surface area (Å²) in [4.78, 5) is 28.3. The topological polar surface area (TPSA) is 84.5 Å². The van der Waals surface area contributed by atoms with Crippen LogP contribution >= 0.6 is 0 Å². The maximum Gasteiger partial charge on any atom is 0.331 e. The summed E-state index contributed by atoms with van der Waals surface area (Å²) in [5, 5.41) is 10.4. The van der Waals surface area contributed by atoms with Crippen LogP contribution in [0.1, 0.15) is 16.9 Å². The SMILES string of the molecule is Cc1oncc1Cn1cc(N2C(=O)CN(CCc3cccc4ccccc34)C2=O)cn1. The number of hydrogen-bond donors (Lipinski definition) is 0. The van der Waals surface area contributed by atoms with E-state index in [1.165, 1.54) is 21.9 Å². The molecular weight excluding hydrogens is 394 g/mol. The van der Waals surface area contributed by atoms with Gasteiger partial charge in [-0.15, -0.1) is 0 Å². The van der Waals surface area contributed by atoms with Gasteiger partial charge in [-0.1, -0.05) is 47.6 Å². The van der Waals surface area contributed by atoms with E-state index in [9.17, 15) is 9.59 Å². The average Bonchev–Trinajstić information content (AvgIpc) is 3.47. The molecule has 0 aliphatic carbocycles. The molecule has 8 heteroatoms. The van der Waals surface area contributed by atoms with E-state index in [0.717, 1.165) is 11.1 Å². The Labute approximate surface area is 178 Å². The zero-order valence-corrected chi connectivity index (χ0v) is 17.1. The number of benzene rings is 2. The molecule has 3 amide bonds. The van der Waals surface area contributed by atoms with Crippen LogP contribution in [0.2, 0.25) is 0 Å². The summed E-state index contributed by atoms with van der Waals surface area (Å²) in [5.74, 6) is 0.466. The van der Waals surface area contributed by atoms with Crippen molar-refractivity contribution in [1.82, 2.24) is 19.8 Å². The molecule has 1 fully saturated rings. The fraction of sp³-hybridized carbons (Fsp3) is 0.217. The number of anilines is 1. The molecule has 0 N–H and O–H groups in total. The number of imide groups is 1. The minimum atomic E-state index is -0.314. The van der Waals surface area contributed by atoms with Gasteiger partial charge in [0, 0.05) is 18.3 Å². The third kappa shape index (κ3) is 3.56. The van der Waals surface area contributed by atoms with Crippen molar-refractivity contribution in [3.63, 3.8) is 0 Å². The summed E-state index contributed by atoms with van der Waals surface area (Å²) >= 11 is 0. The predicted molar refractivity (Wildman–Crippen MR) is 115 cm³/mol. The first kappa shape index (κ1) is 19.0. The first-order valence-electron chi connectivity index (χ1n) is 10.1. The number of amides is 3. The second-order valence-corrected chi connectivity index (χ2v) is 7.62. The number of aryl methyl sites for hydroxylation is 1. The lowest BCUT2D eigenvalue weighted by Crippen LogP contribution is -2.33. The maximum absolute atomic E-state index is 13.0. The van der Waals surface area contributed by atoms with Crippen LogP contribution in [0.15, 0.2) is 65.6 Å². The number of rotatable bonds is 6. The summed E-state index contributed by atoms with van der Waals surface area (Å²) in [5.41, 5.74) is 2.52. The molecule has 2 aromatic carbocycles. The Morgan fingerprint density at radius 3 is 2.71 bits per heavy atom. The number of carbonyl (C=O) groups excluding carboxylic acids is 2. The lowest BCUT2D eigenvalue weighted by molar-refractivity contribution is -0.116. The van der Waals surface area contributed by atoms with Gasteiger partial charge < -0.3 is 9.42 Å². The van der Waals surface area contributed by atoms with Crippen molar-refractivity contribution in [2.75, 3.05) is 18.0 Å². The van der Waals surface area contributed by atoms with Gasteiger partial charge in [0.25, 0.3) is 5.91 Å². The van der Waals surface area contributed by atoms with E-state index in [1.54, 1.807) is 22.0 Å². The largest absolute Gasteiger partial charge is 0.361 e. The summed E-state index contributed by atoms with van der Waals surface area (Å²) < 4.78 is 6.73. The van der Waals surface area contributed by atoms with Gasteiger partial charge in [0.1, 0.15) is 12.3 Å². The lowest BCUT2D eigenvalue weighted by Gasteiger charge is -2.16. The van der Waals surface area contributed by atoms with Gasteiger partial charge in [-0.3, -0.25) is 9.48 Å². The highest BCUT2D eigenvalue weighted by Gasteiger charge is 2.37. The van der Waals surface area contributed by atoms with Crippen molar-refractivity contribution in [2.24, 2.45) is 0 Å². The number of nitrogens with zero attached hydrogens (tertiary/aromatic N) is 5. The van der Waals surface area contributed by atoms with Crippen molar-refractivity contribution in [3.05, 3.63) is 77.9 Å². The van der Waals surface area contributed by atoms with E-state index >= 15 is 0 Å². The Morgan fingerprint density at radius 2 is 1.87 bits per heavy atom. The van der Waals surface area contributed by atoms with Gasteiger partial charge in [-0.05, 0) is 29.7 Å². The lowest BCUT2D eigenvalue weighted by atomic mass is 10.0. The van der Waals surface area contributed by atoms with Gasteiger partial charge in [-0.2, -0.15) is 5.10 Å². The summed E-state index contributed by atoms with van der Waals surface area (Å²) in [6.45, 7) is 2.83. The molecule has 1 aliphatic heterocycles. The molecule has 5 rings (SSSR count). The highest BCUT2D eigenvalue weighted by molar-refractivity contribution is 6.19. The molecule has 1 saturated heterocycles. The quantitative estimate of drug-likeness (QED) is 0.451. The third-order valence-corrected chi connectivity index (χ3v) is 5.63. The molecule has 0 bridgehead atoms. The molecule has 0 unspecified atom stereocenters. The molecular formula is C23H21N5O3. The van der Waals surface area contributed by atoms with Crippen LogP contribution in [0.25, 0.3) is 10.8 Å². The normalized spacial score (nSPS) is 14.2. The maximum atomic E-state index is 13.0. The summed E-state index contributed by atoms with van der Waals surface area (Å²) in [6.07, 6.45) is 5.54. The van der Waals surface area contributed by atoms with Gasteiger partial charge in [-0.25, -0.2) is 9.69 Å². The molecule has 2 aromatic heterocycles. The molecule has 31 heavy (non-hydrogen) atoms. The van der Waals surface area contributed by atoms with Gasteiger partial charge in [0.15, 0.2) is 0 Å². The van der Waals surface area contributed by atoms with Crippen LogP contribution in [0.4, 0.5) is 10.5 Å². The first-order chi connectivity index (χ1) is 15.1. The van der Waals surface area contributed by atoms with Crippen LogP contribution in [-0.2, 0) is 17.8 Å². The van der Waals surface area contributed by atoms with Crippen LogP contribution in [0, 0.1) is 6.92 Å². The minimum absolute atomic E-state index is 0.0690. The zero-order chi connectivity index (χ0) is 21.4. The minimum Gasteiger partial charge on any atom is -0.361 e. The van der Waals surface area contributed by atoms with Crippen molar-refractivity contribution in [1.29, 1.82) is 0 Å². The van der Waals surface area contributed by atoms with Crippen LogP contribution in [-0.4, -0.2) is 44.9 Å². The van der Waals surface area contributed by atoms with Gasteiger partial charge in [0.2, 0.25) is 0 Å². The van der Waals surface area contributed by atoms with Crippen molar-refractivity contribution in [2.45, 2.75) is 19.9 Å². The molecule has 8 nitrogen and oxygen atoms in total. The van der Waals surface area contributed by atoms with Crippen molar-refractivity contribution < 1.29 is 14.1 Å². The van der Waals surface area contributed by atoms with E-state index in [-0.39, 0.29) is 18.5 Å². The monoisotopic (exact) mass is 415 g/mol. The zero-order valence-electron chi connectivity index (χ0n) is 17.1. The number of aromatic nitrogens is 3. The Balaban J connectivity index is 1.29. The third-order valence-electron chi connectivity index (χ3n) is 5.63. The van der Waals surface area contributed by atoms with Gasteiger partial charge >= 0.3 is 6.03 Å². The average molecular weight is 415 g/mol. The van der Waals surface area contributed by atoms with E-state index in [1.807, 2.05) is 25.1 Å². The van der Waals surface area contributed by atoms with E-state index in [2.05, 4.69) is 34.5 Å². The Hall–Kier alpha value is -3.94. The predicted octanol–water partition coefficient (Wildman–Crippen LogP) is 3.39. The van der Waals surface area contributed by atoms with Crippen molar-refractivity contribution >= 4 is 28.4 Å². The molecule has 0 atom stereocenters. The molecule has 0 radical (unpaired) electrons. The fourth-order valence-corrected chi connectivity index (χ4v) is 3.94.